The summed E-state index contributed by atoms with van der Waals surface area (Å²) < 4.78 is 4.90. The number of carbonyl (C=O) groups is 1. The Hall–Kier alpha value is -2.02. The van der Waals surface area contributed by atoms with E-state index < -0.39 is 5.91 Å². The summed E-state index contributed by atoms with van der Waals surface area (Å²) in [6.45, 7) is 0. The Balaban J connectivity index is 3.38. The molecular formula is C9H8N2O2. The number of nitrogens with two attached hydrogens (primary N) is 1. The zero-order chi connectivity index (χ0) is 9.84. The zero-order valence-corrected chi connectivity index (χ0v) is 7.07. The summed E-state index contributed by atoms with van der Waals surface area (Å²) in [6, 6.07) is 6.57. The maximum absolute atomic E-state index is 10.9. The number of hydrogen-bond acceptors (Lipinski definition) is 3. The molecule has 0 unspecified atom stereocenters. The van der Waals surface area contributed by atoms with Gasteiger partial charge in [0.2, 0.25) is 5.91 Å². The van der Waals surface area contributed by atoms with Crippen molar-refractivity contribution >= 4 is 5.91 Å². The predicted octanol–water partition coefficient (Wildman–Crippen LogP) is 0.666. The second-order valence-corrected chi connectivity index (χ2v) is 2.36. The molecule has 1 rings (SSSR count). The molecule has 0 atom stereocenters. The molecule has 1 aromatic carbocycles. The fraction of sp³-hybridized carbons (Fsp3) is 0.111. The quantitative estimate of drug-likeness (QED) is 0.719. The molecular weight excluding hydrogens is 168 g/mol. The van der Waals surface area contributed by atoms with Gasteiger partial charge in [0.25, 0.3) is 0 Å². The molecule has 1 aromatic rings. The highest BCUT2D eigenvalue weighted by molar-refractivity contribution is 5.96. The molecule has 0 radical (unpaired) electrons. The van der Waals surface area contributed by atoms with Crippen LogP contribution in [0.2, 0.25) is 0 Å². The second kappa shape index (κ2) is 3.59. The van der Waals surface area contributed by atoms with Crippen LogP contribution < -0.4 is 10.5 Å². The van der Waals surface area contributed by atoms with Gasteiger partial charge in [-0.1, -0.05) is 6.07 Å². The molecule has 4 heteroatoms. The smallest absolute Gasteiger partial charge is 0.250 e. The number of benzene rings is 1. The number of rotatable bonds is 2. The second-order valence-electron chi connectivity index (χ2n) is 2.36. The first-order chi connectivity index (χ1) is 6.20. The van der Waals surface area contributed by atoms with Crippen LogP contribution in [0.3, 0.4) is 0 Å². The molecule has 0 aliphatic heterocycles. The fourth-order valence-corrected chi connectivity index (χ4v) is 1.02. The lowest BCUT2D eigenvalue weighted by Crippen LogP contribution is -2.13. The summed E-state index contributed by atoms with van der Waals surface area (Å²) in [4.78, 5) is 10.9. The van der Waals surface area contributed by atoms with Crippen molar-refractivity contribution in [1.29, 1.82) is 5.26 Å². The Morgan fingerprint density at radius 2 is 2.31 bits per heavy atom. The van der Waals surface area contributed by atoms with Crippen LogP contribution in [0.25, 0.3) is 0 Å². The van der Waals surface area contributed by atoms with Crippen LogP contribution in [0.1, 0.15) is 15.9 Å². The van der Waals surface area contributed by atoms with Crippen molar-refractivity contribution in [3.63, 3.8) is 0 Å². The molecule has 0 fully saturated rings. The lowest BCUT2D eigenvalue weighted by molar-refractivity contribution is 0.0999. The van der Waals surface area contributed by atoms with E-state index in [0.29, 0.717) is 5.75 Å². The average molecular weight is 176 g/mol. The first kappa shape index (κ1) is 9.07. The van der Waals surface area contributed by atoms with Crippen molar-refractivity contribution in [2.75, 3.05) is 7.11 Å². The van der Waals surface area contributed by atoms with Crippen molar-refractivity contribution in [1.82, 2.24) is 0 Å². The monoisotopic (exact) mass is 176 g/mol. The molecule has 0 saturated carbocycles. The highest BCUT2D eigenvalue weighted by Gasteiger charge is 2.11. The maximum Gasteiger partial charge on any atom is 0.250 e. The van der Waals surface area contributed by atoms with Crippen molar-refractivity contribution in [3.05, 3.63) is 29.3 Å². The molecule has 1 amide bonds. The Bertz CT molecular complexity index is 380. The van der Waals surface area contributed by atoms with Crippen LogP contribution in [-0.4, -0.2) is 13.0 Å². The van der Waals surface area contributed by atoms with Crippen LogP contribution in [-0.2, 0) is 0 Å². The first-order valence-electron chi connectivity index (χ1n) is 3.57. The van der Waals surface area contributed by atoms with Crippen LogP contribution in [0.15, 0.2) is 18.2 Å². The minimum atomic E-state index is -0.629. The van der Waals surface area contributed by atoms with Gasteiger partial charge >= 0.3 is 0 Å². The molecule has 13 heavy (non-hydrogen) atoms. The van der Waals surface area contributed by atoms with E-state index in [-0.39, 0.29) is 11.1 Å². The van der Waals surface area contributed by atoms with Gasteiger partial charge in [0, 0.05) is 0 Å². The molecule has 0 aliphatic rings. The normalized spacial score (nSPS) is 8.92. The molecule has 0 heterocycles. The number of nitriles is 1. The molecule has 4 nitrogen and oxygen atoms in total. The van der Waals surface area contributed by atoms with Gasteiger partial charge in [-0.3, -0.25) is 4.79 Å². The standard InChI is InChI=1S/C9H8N2O2/c1-13-8-4-2-3-6(9(11)12)7(8)5-10/h2-4H,1H3,(H2,11,12). The lowest BCUT2D eigenvalue weighted by atomic mass is 10.1. The van der Waals surface area contributed by atoms with Crippen molar-refractivity contribution in [2.45, 2.75) is 0 Å². The molecule has 2 N–H and O–H groups in total. The van der Waals surface area contributed by atoms with Crippen LogP contribution in [0.4, 0.5) is 0 Å². The predicted molar refractivity (Wildman–Crippen MR) is 46.2 cm³/mol. The molecule has 0 aromatic heterocycles. The third kappa shape index (κ3) is 1.59. The van der Waals surface area contributed by atoms with Gasteiger partial charge in [0.05, 0.1) is 12.7 Å². The molecule has 66 valence electrons. The van der Waals surface area contributed by atoms with E-state index in [2.05, 4.69) is 0 Å². The number of primary amides is 1. The Morgan fingerprint density at radius 1 is 1.62 bits per heavy atom. The van der Waals surface area contributed by atoms with Gasteiger partial charge in [-0.25, -0.2) is 0 Å². The molecule has 0 saturated heterocycles. The van der Waals surface area contributed by atoms with E-state index in [9.17, 15) is 4.79 Å². The third-order valence-corrected chi connectivity index (χ3v) is 1.62. The Labute approximate surface area is 75.5 Å². The minimum Gasteiger partial charge on any atom is -0.495 e. The van der Waals surface area contributed by atoms with Crippen LogP contribution >= 0.6 is 0 Å². The summed E-state index contributed by atoms with van der Waals surface area (Å²) in [5, 5.41) is 8.74. The fourth-order valence-electron chi connectivity index (χ4n) is 1.02. The van der Waals surface area contributed by atoms with Gasteiger partial charge in [0.1, 0.15) is 17.4 Å². The van der Waals surface area contributed by atoms with Gasteiger partial charge in [0.15, 0.2) is 0 Å². The number of methoxy groups -OCH3 is 1. The van der Waals surface area contributed by atoms with Gasteiger partial charge < -0.3 is 10.5 Å². The number of hydrogen-bond donors (Lipinski definition) is 1. The third-order valence-electron chi connectivity index (χ3n) is 1.62. The average Bonchev–Trinajstić information content (AvgIpc) is 2.16. The number of carbonyl (C=O) groups excluding carboxylic acids is 1. The van der Waals surface area contributed by atoms with E-state index in [1.54, 1.807) is 12.1 Å². The lowest BCUT2D eigenvalue weighted by Gasteiger charge is -2.04. The first-order valence-corrected chi connectivity index (χ1v) is 3.57. The van der Waals surface area contributed by atoms with Gasteiger partial charge in [-0.05, 0) is 12.1 Å². The van der Waals surface area contributed by atoms with Crippen LogP contribution in [0.5, 0.6) is 5.75 Å². The van der Waals surface area contributed by atoms with E-state index in [1.807, 2.05) is 6.07 Å². The van der Waals surface area contributed by atoms with Crippen molar-refractivity contribution in [2.24, 2.45) is 5.73 Å². The summed E-state index contributed by atoms with van der Waals surface area (Å²) in [5.41, 5.74) is 5.43. The topological polar surface area (TPSA) is 76.1 Å². The number of amides is 1. The highest BCUT2D eigenvalue weighted by Crippen LogP contribution is 2.20. The molecule has 0 spiro atoms. The van der Waals surface area contributed by atoms with E-state index in [4.69, 9.17) is 15.7 Å². The summed E-state index contributed by atoms with van der Waals surface area (Å²) in [7, 11) is 1.43. The highest BCUT2D eigenvalue weighted by atomic mass is 16.5. The molecule has 0 bridgehead atoms. The minimum absolute atomic E-state index is 0.178. The number of nitrogens with zero attached hydrogens (tertiary/aromatic N) is 1. The van der Waals surface area contributed by atoms with Gasteiger partial charge in [-0.2, -0.15) is 5.26 Å². The number of ether oxygens (including phenoxy) is 1. The van der Waals surface area contributed by atoms with E-state index >= 15 is 0 Å². The van der Waals surface area contributed by atoms with E-state index in [1.165, 1.54) is 13.2 Å². The summed E-state index contributed by atoms with van der Waals surface area (Å²) in [6.07, 6.45) is 0. The van der Waals surface area contributed by atoms with Crippen molar-refractivity contribution in [3.8, 4) is 11.8 Å². The Morgan fingerprint density at radius 3 is 2.77 bits per heavy atom. The van der Waals surface area contributed by atoms with Crippen LogP contribution in [0, 0.1) is 11.3 Å². The maximum atomic E-state index is 10.9. The Kier molecular flexibility index (Phi) is 2.50. The van der Waals surface area contributed by atoms with Crippen molar-refractivity contribution < 1.29 is 9.53 Å². The zero-order valence-electron chi connectivity index (χ0n) is 7.07. The summed E-state index contributed by atoms with van der Waals surface area (Å²) >= 11 is 0. The van der Waals surface area contributed by atoms with Gasteiger partial charge in [-0.15, -0.1) is 0 Å². The SMILES string of the molecule is COc1cccc(C(N)=O)c1C#N. The summed E-state index contributed by atoms with van der Waals surface area (Å²) in [5.74, 6) is -0.269. The molecule has 0 aliphatic carbocycles. The van der Waals surface area contributed by atoms with E-state index in [0.717, 1.165) is 0 Å². The largest absolute Gasteiger partial charge is 0.495 e.